The Labute approximate surface area is 346 Å². The lowest BCUT2D eigenvalue weighted by Crippen LogP contribution is -2.25. The second-order valence-electron chi connectivity index (χ2n) is 16.7. The molecule has 6 aromatic carbocycles. The van der Waals surface area contributed by atoms with E-state index in [1.807, 2.05) is 28.9 Å². The van der Waals surface area contributed by atoms with Gasteiger partial charge in [0.05, 0.1) is 16.7 Å². The number of aromatic nitrogens is 2. The standard InChI is InChI=1S/C51H42N4OS2/c1-30-24-31(2)47(32(3)25-30)54-29-53(49-40-15-8-10-17-43(40)58-50(49)54)34-12-11-13-35(27-34)56-36-18-19-37-38-20-21-44-46(39-14-7-9-16-42(39)57-44)48(38)55(41(37)28-36)45-26-33(22-23-52-45)51(4,5)6/h7-28H,29H2,1-6H3. The predicted molar refractivity (Wildman–Crippen MR) is 248 cm³/mol. The van der Waals surface area contributed by atoms with E-state index in [9.17, 15) is 0 Å². The van der Waals surface area contributed by atoms with Gasteiger partial charge in [0, 0.05) is 70.7 Å². The largest absolute Gasteiger partial charge is 0.457 e. The zero-order valence-corrected chi connectivity index (χ0v) is 35.1. The summed E-state index contributed by atoms with van der Waals surface area (Å²) in [4.78, 5) is 9.98. The molecule has 0 amide bonds. The first kappa shape index (κ1) is 35.0. The highest BCUT2D eigenvalue weighted by Gasteiger charge is 2.34. The van der Waals surface area contributed by atoms with E-state index in [4.69, 9.17) is 9.72 Å². The predicted octanol–water partition coefficient (Wildman–Crippen LogP) is 15.0. The van der Waals surface area contributed by atoms with Gasteiger partial charge in [0.2, 0.25) is 0 Å². The monoisotopic (exact) mass is 790 g/mol. The Morgan fingerprint density at radius 1 is 0.603 bits per heavy atom. The first-order chi connectivity index (χ1) is 28.1. The molecule has 0 N–H and O–H groups in total. The molecule has 58 heavy (non-hydrogen) atoms. The number of rotatable bonds is 5. The number of hydrogen-bond donors (Lipinski definition) is 0. The van der Waals surface area contributed by atoms with Crippen LogP contribution in [0.25, 0.3) is 57.9 Å². The molecule has 284 valence electrons. The van der Waals surface area contributed by atoms with Crippen molar-refractivity contribution in [3.63, 3.8) is 0 Å². The highest BCUT2D eigenvalue weighted by molar-refractivity contribution is 7.26. The third-order valence-electron chi connectivity index (χ3n) is 11.7. The van der Waals surface area contributed by atoms with Crippen LogP contribution in [-0.2, 0) is 5.41 Å². The molecule has 0 aliphatic carbocycles. The third kappa shape index (κ3) is 5.44. The van der Waals surface area contributed by atoms with Gasteiger partial charge < -0.3 is 14.5 Å². The lowest BCUT2D eigenvalue weighted by Gasteiger charge is -2.26. The molecule has 1 aliphatic heterocycles. The lowest BCUT2D eigenvalue weighted by molar-refractivity contribution is 0.483. The van der Waals surface area contributed by atoms with Crippen molar-refractivity contribution in [3.05, 3.63) is 156 Å². The molecule has 0 spiro atoms. The molecule has 0 fully saturated rings. The molecule has 1 aliphatic rings. The number of benzene rings is 6. The minimum absolute atomic E-state index is 0.0274. The van der Waals surface area contributed by atoms with Gasteiger partial charge in [0.15, 0.2) is 0 Å². The topological polar surface area (TPSA) is 33.5 Å². The van der Waals surface area contributed by atoms with Crippen LogP contribution in [0.4, 0.5) is 22.1 Å². The Kier molecular flexibility index (Phi) is 7.81. The van der Waals surface area contributed by atoms with Gasteiger partial charge in [-0.25, -0.2) is 4.98 Å². The van der Waals surface area contributed by atoms with E-state index >= 15 is 0 Å². The summed E-state index contributed by atoms with van der Waals surface area (Å²) in [6.45, 7) is 14.1. The molecule has 10 aromatic rings. The molecule has 0 unspecified atom stereocenters. The van der Waals surface area contributed by atoms with Gasteiger partial charge in [-0.15, -0.1) is 22.7 Å². The molecular formula is C51H42N4OS2. The SMILES string of the molecule is Cc1cc(C)c(N2CN(c3cccc(Oc4ccc5c6ccc7sc8ccccc8c7c6n(-c6cc(C(C)(C)C)ccn6)c5c4)c3)c3c2sc2ccccc32)c(C)c1. The number of aryl methyl sites for hydroxylation is 3. The highest BCUT2D eigenvalue weighted by atomic mass is 32.1. The molecule has 5 nitrogen and oxygen atoms in total. The number of fused-ring (bicyclic) bond motifs is 10. The summed E-state index contributed by atoms with van der Waals surface area (Å²) < 4.78 is 13.1. The Morgan fingerprint density at radius 3 is 2.12 bits per heavy atom. The molecule has 0 atom stereocenters. The van der Waals surface area contributed by atoms with Gasteiger partial charge in [-0.05, 0) is 97.5 Å². The molecule has 5 heterocycles. The van der Waals surface area contributed by atoms with Gasteiger partial charge in [0.25, 0.3) is 0 Å². The van der Waals surface area contributed by atoms with Gasteiger partial charge in [-0.2, -0.15) is 0 Å². The minimum atomic E-state index is -0.0274. The zero-order valence-electron chi connectivity index (χ0n) is 33.4. The molecule has 0 bridgehead atoms. The quantitative estimate of drug-likeness (QED) is 0.174. The number of thiophene rings is 2. The van der Waals surface area contributed by atoms with E-state index in [0.717, 1.165) is 35.2 Å². The maximum absolute atomic E-state index is 6.84. The highest BCUT2D eigenvalue weighted by Crippen LogP contribution is 2.55. The Balaban J connectivity index is 1.04. The molecule has 7 heteroatoms. The molecular weight excluding hydrogens is 749 g/mol. The summed E-state index contributed by atoms with van der Waals surface area (Å²) in [7, 11) is 0. The van der Waals surface area contributed by atoms with Crippen LogP contribution in [-0.4, -0.2) is 16.2 Å². The number of ether oxygens (including phenoxy) is 1. The van der Waals surface area contributed by atoms with Crippen molar-refractivity contribution < 1.29 is 4.74 Å². The maximum atomic E-state index is 6.84. The summed E-state index contributed by atoms with van der Waals surface area (Å²) in [6.07, 6.45) is 1.95. The average Bonchev–Trinajstić information content (AvgIpc) is 3.96. The van der Waals surface area contributed by atoms with E-state index in [1.54, 1.807) is 0 Å². The fraction of sp³-hybridized carbons (Fsp3) is 0.157. The molecule has 4 aromatic heterocycles. The summed E-state index contributed by atoms with van der Waals surface area (Å²) in [6, 6.07) is 46.2. The van der Waals surface area contributed by atoms with Crippen molar-refractivity contribution in [2.24, 2.45) is 0 Å². The fourth-order valence-electron chi connectivity index (χ4n) is 9.17. The Bertz CT molecular complexity index is 3270. The van der Waals surface area contributed by atoms with Crippen LogP contribution >= 0.6 is 22.7 Å². The molecule has 0 saturated carbocycles. The summed E-state index contributed by atoms with van der Waals surface area (Å²) in [5.74, 6) is 2.48. The third-order valence-corrected chi connectivity index (χ3v) is 14.0. The number of anilines is 4. The Hall–Kier alpha value is -6.15. The van der Waals surface area contributed by atoms with Crippen LogP contribution in [0.1, 0.15) is 43.0 Å². The lowest BCUT2D eigenvalue weighted by atomic mass is 9.88. The average molecular weight is 791 g/mol. The van der Waals surface area contributed by atoms with Crippen molar-refractivity contribution in [1.29, 1.82) is 0 Å². The fourth-order valence-corrected chi connectivity index (χ4v) is 11.5. The first-order valence-electron chi connectivity index (χ1n) is 19.9. The minimum Gasteiger partial charge on any atom is -0.457 e. The smallest absolute Gasteiger partial charge is 0.137 e. The van der Waals surface area contributed by atoms with E-state index < -0.39 is 0 Å². The van der Waals surface area contributed by atoms with Crippen LogP contribution in [0.15, 0.2) is 134 Å². The number of nitrogens with zero attached hydrogens (tertiary/aromatic N) is 4. The van der Waals surface area contributed by atoms with E-state index in [0.29, 0.717) is 0 Å². The van der Waals surface area contributed by atoms with Crippen molar-refractivity contribution >= 4 is 96.8 Å². The van der Waals surface area contributed by atoms with Crippen LogP contribution in [0.2, 0.25) is 0 Å². The van der Waals surface area contributed by atoms with Crippen molar-refractivity contribution in [3.8, 4) is 17.3 Å². The van der Waals surface area contributed by atoms with Gasteiger partial charge >= 0.3 is 0 Å². The zero-order chi connectivity index (χ0) is 39.4. The second kappa shape index (κ2) is 12.9. The van der Waals surface area contributed by atoms with Crippen LogP contribution in [0.3, 0.4) is 0 Å². The summed E-state index contributed by atoms with van der Waals surface area (Å²) >= 11 is 3.72. The van der Waals surface area contributed by atoms with Gasteiger partial charge in [-0.1, -0.05) is 87.0 Å². The first-order valence-corrected chi connectivity index (χ1v) is 21.5. The van der Waals surface area contributed by atoms with E-state index in [2.05, 4.69) is 183 Å². The number of hydrogen-bond acceptors (Lipinski definition) is 6. The van der Waals surface area contributed by atoms with Crippen molar-refractivity contribution in [2.45, 2.75) is 47.0 Å². The van der Waals surface area contributed by atoms with Gasteiger partial charge in [-0.3, -0.25) is 4.57 Å². The van der Waals surface area contributed by atoms with Crippen molar-refractivity contribution in [2.75, 3.05) is 16.5 Å². The summed E-state index contributed by atoms with van der Waals surface area (Å²) in [5.41, 5.74) is 11.0. The second-order valence-corrected chi connectivity index (χ2v) is 18.8. The van der Waals surface area contributed by atoms with Crippen LogP contribution < -0.4 is 14.5 Å². The molecule has 0 radical (unpaired) electrons. The van der Waals surface area contributed by atoms with E-state index in [-0.39, 0.29) is 5.41 Å². The van der Waals surface area contributed by atoms with Crippen LogP contribution in [0.5, 0.6) is 11.5 Å². The summed E-state index contributed by atoms with van der Waals surface area (Å²) in [5, 5.41) is 7.47. The molecule has 0 saturated heterocycles. The molecule has 11 rings (SSSR count). The van der Waals surface area contributed by atoms with Crippen LogP contribution in [0, 0.1) is 20.8 Å². The van der Waals surface area contributed by atoms with Crippen molar-refractivity contribution in [1.82, 2.24) is 9.55 Å². The maximum Gasteiger partial charge on any atom is 0.137 e. The normalized spacial score (nSPS) is 13.2. The van der Waals surface area contributed by atoms with Gasteiger partial charge in [0.1, 0.15) is 29.0 Å². The Morgan fingerprint density at radius 2 is 1.33 bits per heavy atom. The van der Waals surface area contributed by atoms with E-state index in [1.165, 1.54) is 85.2 Å². The number of pyridine rings is 1.